The van der Waals surface area contributed by atoms with Gasteiger partial charge in [0.05, 0.1) is 6.61 Å². The van der Waals surface area contributed by atoms with E-state index in [-0.39, 0.29) is 17.4 Å². The van der Waals surface area contributed by atoms with Crippen molar-refractivity contribution in [3.8, 4) is 0 Å². The van der Waals surface area contributed by atoms with Gasteiger partial charge in [0.15, 0.2) is 0 Å². The molecule has 0 aromatic heterocycles. The molecule has 2 heteroatoms. The fraction of sp³-hybridized carbons (Fsp3) is 0.737. The number of carbonyl (C=O) groups excluding carboxylic acids is 1. The monoisotopic (exact) mass is 286 g/mol. The number of rotatable bonds is 1. The Bertz CT molecular complexity index is 532. The molecule has 1 N–H and O–H groups in total. The highest BCUT2D eigenvalue weighted by Gasteiger charge is 2.59. The molecule has 21 heavy (non-hydrogen) atoms. The zero-order valence-electron chi connectivity index (χ0n) is 13.0. The van der Waals surface area contributed by atoms with Crippen molar-refractivity contribution in [2.24, 2.45) is 28.6 Å². The molecule has 0 radical (unpaired) electrons. The van der Waals surface area contributed by atoms with Crippen LogP contribution in [0.25, 0.3) is 0 Å². The maximum Gasteiger partial charge on any atom is 0.139 e. The normalized spacial score (nSPS) is 48.4. The third-order valence-electron chi connectivity index (χ3n) is 7.44. The number of Topliss-reactive ketones (excluding diaryl/α,β-unsaturated/α-hetero) is 1. The van der Waals surface area contributed by atoms with Crippen LogP contribution in [-0.4, -0.2) is 17.5 Å². The van der Waals surface area contributed by atoms with Gasteiger partial charge in [0.25, 0.3) is 0 Å². The van der Waals surface area contributed by atoms with Crippen LogP contribution >= 0.6 is 0 Å². The zero-order valence-corrected chi connectivity index (χ0v) is 13.0. The van der Waals surface area contributed by atoms with E-state index in [2.05, 4.69) is 25.2 Å². The van der Waals surface area contributed by atoms with Crippen molar-refractivity contribution < 1.29 is 9.90 Å². The summed E-state index contributed by atoms with van der Waals surface area (Å²) in [6, 6.07) is 0. The molecule has 0 unspecified atom stereocenters. The first-order valence-corrected chi connectivity index (χ1v) is 8.62. The van der Waals surface area contributed by atoms with Crippen LogP contribution in [0, 0.1) is 28.6 Å². The largest absolute Gasteiger partial charge is 0.395 e. The first kappa shape index (κ1) is 13.8. The van der Waals surface area contributed by atoms with Crippen LogP contribution in [0.5, 0.6) is 0 Å². The van der Waals surface area contributed by atoms with Crippen LogP contribution in [0.4, 0.5) is 0 Å². The molecule has 3 saturated carbocycles. The Morgan fingerprint density at radius 2 is 2.10 bits per heavy atom. The minimum atomic E-state index is -0.0520. The molecule has 0 aliphatic heterocycles. The molecule has 5 atom stereocenters. The third kappa shape index (κ3) is 1.66. The van der Waals surface area contributed by atoms with E-state index >= 15 is 0 Å². The van der Waals surface area contributed by atoms with E-state index < -0.39 is 0 Å². The number of hydrogen-bond donors (Lipinski definition) is 1. The zero-order chi connectivity index (χ0) is 14.7. The lowest BCUT2D eigenvalue weighted by molar-refractivity contribution is -0.133. The molecule has 2 nitrogen and oxygen atoms in total. The van der Waals surface area contributed by atoms with Gasteiger partial charge in [-0.3, -0.25) is 4.79 Å². The first-order valence-electron chi connectivity index (χ1n) is 8.62. The van der Waals surface area contributed by atoms with Gasteiger partial charge in [-0.25, -0.2) is 0 Å². The van der Waals surface area contributed by atoms with E-state index in [9.17, 15) is 9.90 Å². The second kappa shape index (κ2) is 4.55. The van der Waals surface area contributed by atoms with Crippen LogP contribution in [-0.2, 0) is 4.79 Å². The van der Waals surface area contributed by atoms with Crippen molar-refractivity contribution in [2.75, 3.05) is 6.61 Å². The Balaban J connectivity index is 1.72. The molecule has 114 valence electrons. The van der Waals surface area contributed by atoms with Gasteiger partial charge in [-0.1, -0.05) is 30.7 Å². The molecule has 0 amide bonds. The van der Waals surface area contributed by atoms with Crippen molar-refractivity contribution in [1.29, 1.82) is 0 Å². The quantitative estimate of drug-likeness (QED) is 0.799. The summed E-state index contributed by atoms with van der Waals surface area (Å²) in [7, 11) is 0. The summed E-state index contributed by atoms with van der Waals surface area (Å²) in [6.07, 6.45) is 14.0. The van der Waals surface area contributed by atoms with Gasteiger partial charge in [-0.05, 0) is 56.3 Å². The van der Waals surface area contributed by atoms with Crippen LogP contribution in [0.1, 0.15) is 51.9 Å². The maximum atomic E-state index is 12.4. The average Bonchev–Trinajstić information content (AvgIpc) is 2.82. The topological polar surface area (TPSA) is 37.3 Å². The fourth-order valence-electron chi connectivity index (χ4n) is 6.23. The number of aliphatic hydroxyl groups is 1. The Kier molecular flexibility index (Phi) is 2.98. The summed E-state index contributed by atoms with van der Waals surface area (Å²) >= 11 is 0. The van der Waals surface area contributed by atoms with Crippen molar-refractivity contribution in [2.45, 2.75) is 51.9 Å². The van der Waals surface area contributed by atoms with Gasteiger partial charge in [0, 0.05) is 17.3 Å². The number of aliphatic hydroxyl groups excluding tert-OH is 1. The Labute approximate surface area is 127 Å². The van der Waals surface area contributed by atoms with Crippen molar-refractivity contribution in [3.63, 3.8) is 0 Å². The minimum Gasteiger partial charge on any atom is -0.395 e. The molecule has 4 aliphatic carbocycles. The molecule has 0 aromatic rings. The van der Waals surface area contributed by atoms with Gasteiger partial charge in [-0.15, -0.1) is 0 Å². The molecule has 4 rings (SSSR count). The summed E-state index contributed by atoms with van der Waals surface area (Å²) in [5.41, 5.74) is 1.41. The predicted molar refractivity (Wildman–Crippen MR) is 82.6 cm³/mol. The highest BCUT2D eigenvalue weighted by Crippen LogP contribution is 2.64. The smallest absolute Gasteiger partial charge is 0.139 e. The highest BCUT2D eigenvalue weighted by atomic mass is 16.3. The molecular weight excluding hydrogens is 260 g/mol. The molecule has 0 heterocycles. The number of fused-ring (bicyclic) bond motifs is 5. The van der Waals surface area contributed by atoms with Gasteiger partial charge in [0.1, 0.15) is 5.78 Å². The number of ketones is 1. The van der Waals surface area contributed by atoms with Crippen molar-refractivity contribution in [3.05, 3.63) is 23.8 Å². The maximum absolute atomic E-state index is 12.4. The Morgan fingerprint density at radius 3 is 2.90 bits per heavy atom. The third-order valence-corrected chi connectivity index (χ3v) is 7.44. The summed E-state index contributed by atoms with van der Waals surface area (Å²) in [6.45, 7) is 2.50. The summed E-state index contributed by atoms with van der Waals surface area (Å²) < 4.78 is 0. The Morgan fingerprint density at radius 1 is 1.24 bits per heavy atom. The minimum absolute atomic E-state index is 0.00929. The van der Waals surface area contributed by atoms with E-state index in [0.29, 0.717) is 23.5 Å². The van der Waals surface area contributed by atoms with E-state index in [0.717, 1.165) is 38.5 Å². The molecule has 0 bridgehead atoms. The fourth-order valence-corrected chi connectivity index (χ4v) is 6.23. The predicted octanol–water partition coefficient (Wildman–Crippen LogP) is 3.66. The lowest BCUT2D eigenvalue weighted by Gasteiger charge is -2.57. The van der Waals surface area contributed by atoms with Gasteiger partial charge >= 0.3 is 0 Å². The standard InChI is InChI=1S/C19H26O2/c1-18-11-9-16-14(15(18)7-8-17(18)21)6-5-13-4-2-3-10-19(13,16)12-20/h2-4,14-16,20H,5-12H2,1H3/t14-,15-,16-,18-,19+/m0/s1. The average molecular weight is 286 g/mol. The SMILES string of the molecule is C[C@]12CC[C@H]3[C@@H](CCC4=CC=CC[C@@]43CO)[C@@H]1CCC2=O. The number of allylic oxidation sites excluding steroid dienone is 3. The van der Waals surface area contributed by atoms with E-state index in [4.69, 9.17) is 0 Å². The lowest BCUT2D eigenvalue weighted by atomic mass is 9.47. The lowest BCUT2D eigenvalue weighted by Crippen LogP contribution is -2.52. The van der Waals surface area contributed by atoms with E-state index in [1.54, 1.807) is 0 Å². The molecule has 4 aliphatic rings. The molecule has 3 fully saturated rings. The summed E-state index contributed by atoms with van der Waals surface area (Å²) in [5, 5.41) is 10.2. The van der Waals surface area contributed by atoms with Gasteiger partial charge < -0.3 is 5.11 Å². The molecule has 0 aromatic carbocycles. The van der Waals surface area contributed by atoms with Crippen LogP contribution in [0.3, 0.4) is 0 Å². The molecular formula is C19H26O2. The van der Waals surface area contributed by atoms with Crippen molar-refractivity contribution >= 4 is 5.78 Å². The first-order chi connectivity index (χ1) is 10.1. The van der Waals surface area contributed by atoms with Crippen LogP contribution in [0.15, 0.2) is 23.8 Å². The summed E-state index contributed by atoms with van der Waals surface area (Å²) in [4.78, 5) is 12.4. The van der Waals surface area contributed by atoms with Gasteiger partial charge in [-0.2, -0.15) is 0 Å². The van der Waals surface area contributed by atoms with Crippen LogP contribution in [0.2, 0.25) is 0 Å². The van der Waals surface area contributed by atoms with E-state index in [1.807, 2.05) is 0 Å². The van der Waals surface area contributed by atoms with Crippen LogP contribution < -0.4 is 0 Å². The Hall–Kier alpha value is -0.890. The second-order valence-electron chi connectivity index (χ2n) is 7.97. The highest BCUT2D eigenvalue weighted by molar-refractivity contribution is 5.87. The number of hydrogen-bond acceptors (Lipinski definition) is 2. The summed E-state index contributed by atoms with van der Waals surface area (Å²) in [5.74, 6) is 2.30. The number of carbonyl (C=O) groups is 1. The van der Waals surface area contributed by atoms with Crippen molar-refractivity contribution in [1.82, 2.24) is 0 Å². The molecule has 0 saturated heterocycles. The second-order valence-corrected chi connectivity index (χ2v) is 7.97. The van der Waals surface area contributed by atoms with E-state index in [1.165, 1.54) is 12.0 Å². The van der Waals surface area contributed by atoms with Gasteiger partial charge in [0.2, 0.25) is 0 Å². The molecule has 0 spiro atoms.